The van der Waals surface area contributed by atoms with E-state index in [1.165, 1.54) is 0 Å². The Kier molecular flexibility index (Phi) is 7.45. The molecule has 0 heterocycles. The van der Waals surface area contributed by atoms with Crippen molar-refractivity contribution >= 4 is 31.0 Å². The van der Waals surface area contributed by atoms with E-state index in [1.54, 1.807) is 29.2 Å². The summed E-state index contributed by atoms with van der Waals surface area (Å²) in [5, 5.41) is 17.9. The molecule has 1 aromatic carbocycles. The van der Waals surface area contributed by atoms with E-state index in [2.05, 4.69) is 24.0 Å². The van der Waals surface area contributed by atoms with Crippen molar-refractivity contribution in [3.63, 3.8) is 0 Å². The van der Waals surface area contributed by atoms with Gasteiger partial charge < -0.3 is 15.4 Å². The predicted molar refractivity (Wildman–Crippen MR) is 90.4 cm³/mol. The molecule has 1 amide bonds. The highest BCUT2D eigenvalue weighted by molar-refractivity contribution is 6.00. The second-order valence-electron chi connectivity index (χ2n) is 5.04. The van der Waals surface area contributed by atoms with Gasteiger partial charge in [0.15, 0.2) is 0 Å². The molecule has 0 saturated heterocycles. The van der Waals surface area contributed by atoms with E-state index in [4.69, 9.17) is 10.5 Å². The van der Waals surface area contributed by atoms with Gasteiger partial charge in [-0.1, -0.05) is 12.1 Å². The zero-order valence-corrected chi connectivity index (χ0v) is 13.0. The van der Waals surface area contributed by atoms with E-state index >= 15 is 0 Å². The number of amides is 1. The van der Waals surface area contributed by atoms with Gasteiger partial charge in [0.05, 0.1) is 17.7 Å². The molecule has 1 aromatic rings. The SMILES string of the molecule is C=N.C=NNc1ccccc1C(=O)N(CCC(=O)O)C1CCC1. The molecule has 0 spiro atoms. The van der Waals surface area contributed by atoms with Crippen LogP contribution < -0.4 is 5.43 Å². The number of benzene rings is 1. The van der Waals surface area contributed by atoms with Crippen molar-refractivity contribution in [2.45, 2.75) is 31.7 Å². The largest absolute Gasteiger partial charge is 0.481 e. The number of para-hydroxylation sites is 1. The Morgan fingerprint density at radius 3 is 2.52 bits per heavy atom. The molecular weight excluding hydrogens is 296 g/mol. The standard InChI is InChI=1S/C15H19N3O3.CH3N/c1-16-17-13-8-3-2-7-12(13)15(21)18(10-9-14(19)20)11-5-4-6-11;1-2/h2-3,7-8,11,17H,1,4-6,9-10H2,(H,19,20);2H,1H2. The second-order valence-corrected chi connectivity index (χ2v) is 5.04. The summed E-state index contributed by atoms with van der Waals surface area (Å²) in [6.07, 6.45) is 2.90. The monoisotopic (exact) mass is 318 g/mol. The number of nitrogens with zero attached hydrogens (tertiary/aromatic N) is 2. The lowest BCUT2D eigenvalue weighted by Crippen LogP contribution is -2.45. The minimum atomic E-state index is -0.897. The Labute approximate surface area is 135 Å². The number of hydrazone groups is 1. The van der Waals surface area contributed by atoms with Gasteiger partial charge in [-0.2, -0.15) is 5.10 Å². The molecule has 7 heteroatoms. The number of aliphatic carboxylic acids is 1. The smallest absolute Gasteiger partial charge is 0.305 e. The van der Waals surface area contributed by atoms with Crippen molar-refractivity contribution < 1.29 is 14.7 Å². The molecule has 0 atom stereocenters. The van der Waals surface area contributed by atoms with Crippen LogP contribution >= 0.6 is 0 Å². The van der Waals surface area contributed by atoms with Gasteiger partial charge in [0, 0.05) is 19.3 Å². The third-order valence-electron chi connectivity index (χ3n) is 3.70. The molecule has 0 aromatic heterocycles. The van der Waals surface area contributed by atoms with Gasteiger partial charge in [0.1, 0.15) is 0 Å². The Balaban J connectivity index is 0.00000127. The number of hydrogen-bond donors (Lipinski definition) is 3. The zero-order valence-electron chi connectivity index (χ0n) is 13.0. The number of anilines is 1. The lowest BCUT2D eigenvalue weighted by Gasteiger charge is -2.37. The summed E-state index contributed by atoms with van der Waals surface area (Å²) in [7, 11) is 0. The Morgan fingerprint density at radius 1 is 1.35 bits per heavy atom. The molecule has 3 N–H and O–H groups in total. The van der Waals surface area contributed by atoms with E-state index in [0.717, 1.165) is 19.3 Å². The van der Waals surface area contributed by atoms with Crippen LogP contribution in [-0.2, 0) is 4.79 Å². The molecule has 7 nitrogen and oxygen atoms in total. The third-order valence-corrected chi connectivity index (χ3v) is 3.70. The highest BCUT2D eigenvalue weighted by Crippen LogP contribution is 2.28. The number of hydrogen-bond acceptors (Lipinski definition) is 5. The van der Waals surface area contributed by atoms with Crippen LogP contribution in [0.4, 0.5) is 5.69 Å². The average Bonchev–Trinajstić information content (AvgIpc) is 2.51. The summed E-state index contributed by atoms with van der Waals surface area (Å²) in [4.78, 5) is 25.2. The van der Waals surface area contributed by atoms with Crippen molar-refractivity contribution in [3.05, 3.63) is 29.8 Å². The van der Waals surface area contributed by atoms with Crippen LogP contribution in [0.2, 0.25) is 0 Å². The van der Waals surface area contributed by atoms with Gasteiger partial charge in [-0.25, -0.2) is 0 Å². The molecule has 0 unspecified atom stereocenters. The third kappa shape index (κ3) is 4.91. The maximum absolute atomic E-state index is 12.7. The van der Waals surface area contributed by atoms with Gasteiger partial charge in [-0.3, -0.25) is 15.0 Å². The van der Waals surface area contributed by atoms with Gasteiger partial charge in [-0.15, -0.1) is 0 Å². The first kappa shape index (κ1) is 18.3. The predicted octanol–water partition coefficient (Wildman–Crippen LogP) is 2.45. The van der Waals surface area contributed by atoms with E-state index in [-0.39, 0.29) is 24.9 Å². The topological polar surface area (TPSA) is 106 Å². The van der Waals surface area contributed by atoms with E-state index in [1.807, 2.05) is 0 Å². The van der Waals surface area contributed by atoms with Gasteiger partial charge in [-0.05, 0) is 38.1 Å². The van der Waals surface area contributed by atoms with Crippen molar-refractivity contribution in [2.24, 2.45) is 5.10 Å². The summed E-state index contributed by atoms with van der Waals surface area (Å²) in [5.41, 5.74) is 3.77. The van der Waals surface area contributed by atoms with Gasteiger partial charge >= 0.3 is 5.97 Å². The Bertz CT molecular complexity index is 558. The minimum absolute atomic E-state index is 0.0441. The highest BCUT2D eigenvalue weighted by Gasteiger charge is 2.30. The van der Waals surface area contributed by atoms with Crippen LogP contribution in [0.3, 0.4) is 0 Å². The molecule has 1 aliphatic rings. The molecule has 1 fully saturated rings. The van der Waals surface area contributed by atoms with Gasteiger partial charge in [0.2, 0.25) is 0 Å². The number of carbonyl (C=O) groups is 2. The summed E-state index contributed by atoms with van der Waals surface area (Å²) < 4.78 is 0. The zero-order chi connectivity index (χ0) is 17.2. The first-order chi connectivity index (χ1) is 11.1. The number of carboxylic acid groups (broad SMARTS) is 1. The molecule has 2 rings (SSSR count). The lowest BCUT2D eigenvalue weighted by molar-refractivity contribution is -0.137. The van der Waals surface area contributed by atoms with E-state index < -0.39 is 5.97 Å². The van der Waals surface area contributed by atoms with Crippen LogP contribution in [0.5, 0.6) is 0 Å². The highest BCUT2D eigenvalue weighted by atomic mass is 16.4. The van der Waals surface area contributed by atoms with Crippen LogP contribution in [0, 0.1) is 5.41 Å². The Morgan fingerprint density at radius 2 is 2.00 bits per heavy atom. The first-order valence-electron chi connectivity index (χ1n) is 7.32. The lowest BCUT2D eigenvalue weighted by atomic mass is 9.90. The van der Waals surface area contributed by atoms with Crippen molar-refractivity contribution in [3.8, 4) is 0 Å². The number of carboxylic acids is 1. The Hall–Kier alpha value is -2.70. The minimum Gasteiger partial charge on any atom is -0.481 e. The molecular formula is C16H22N4O3. The first-order valence-corrected chi connectivity index (χ1v) is 7.32. The molecule has 1 saturated carbocycles. The quantitative estimate of drug-likeness (QED) is 0.530. The summed E-state index contributed by atoms with van der Waals surface area (Å²) in [6.45, 7) is 6.09. The molecule has 0 bridgehead atoms. The fourth-order valence-electron chi connectivity index (χ4n) is 2.37. The maximum atomic E-state index is 12.7. The van der Waals surface area contributed by atoms with Crippen LogP contribution in [0.25, 0.3) is 0 Å². The summed E-state index contributed by atoms with van der Waals surface area (Å²) in [5.74, 6) is -1.06. The number of rotatable bonds is 7. The summed E-state index contributed by atoms with van der Waals surface area (Å²) in [6, 6.07) is 7.18. The van der Waals surface area contributed by atoms with E-state index in [9.17, 15) is 9.59 Å². The van der Waals surface area contributed by atoms with Crippen molar-refractivity contribution in [1.82, 2.24) is 4.90 Å². The molecule has 23 heavy (non-hydrogen) atoms. The average molecular weight is 318 g/mol. The van der Waals surface area contributed by atoms with E-state index in [0.29, 0.717) is 11.3 Å². The van der Waals surface area contributed by atoms with Crippen molar-refractivity contribution in [1.29, 1.82) is 5.41 Å². The fraction of sp³-hybridized carbons (Fsp3) is 0.375. The summed E-state index contributed by atoms with van der Waals surface area (Å²) >= 11 is 0. The fourth-order valence-corrected chi connectivity index (χ4v) is 2.37. The molecule has 1 aliphatic carbocycles. The van der Waals surface area contributed by atoms with Crippen molar-refractivity contribution in [2.75, 3.05) is 12.0 Å². The normalized spacial score (nSPS) is 13.0. The van der Waals surface area contributed by atoms with Crippen LogP contribution in [0.1, 0.15) is 36.0 Å². The number of carbonyl (C=O) groups excluding carboxylic acids is 1. The molecule has 0 radical (unpaired) electrons. The van der Waals surface area contributed by atoms with Crippen LogP contribution in [0.15, 0.2) is 29.4 Å². The number of nitrogens with one attached hydrogen (secondary N) is 2. The molecule has 124 valence electrons. The van der Waals surface area contributed by atoms with Gasteiger partial charge in [0.25, 0.3) is 5.91 Å². The maximum Gasteiger partial charge on any atom is 0.305 e. The second kappa shape index (κ2) is 9.34. The molecule has 0 aliphatic heterocycles. The van der Waals surface area contributed by atoms with Crippen LogP contribution in [-0.4, -0.2) is 47.9 Å².